The minimum atomic E-state index is -0.785. The van der Waals surface area contributed by atoms with E-state index in [0.717, 1.165) is 25.7 Å². The van der Waals surface area contributed by atoms with E-state index in [1.807, 2.05) is 6.92 Å². The van der Waals surface area contributed by atoms with Gasteiger partial charge in [0.2, 0.25) is 0 Å². The van der Waals surface area contributed by atoms with Crippen molar-refractivity contribution >= 4 is 12.0 Å². The van der Waals surface area contributed by atoms with Crippen molar-refractivity contribution in [1.29, 1.82) is 0 Å². The van der Waals surface area contributed by atoms with Gasteiger partial charge in [-0.3, -0.25) is 4.79 Å². The zero-order valence-electron chi connectivity index (χ0n) is 12.9. The first kappa shape index (κ1) is 16.8. The van der Waals surface area contributed by atoms with Crippen LogP contribution >= 0.6 is 0 Å². The maximum Gasteiger partial charge on any atom is 0.315 e. The number of nitrogens with one attached hydrogen (secondary N) is 2. The number of amides is 2. The fourth-order valence-corrected chi connectivity index (χ4v) is 2.70. The highest BCUT2D eigenvalue weighted by Crippen LogP contribution is 2.35. The third-order valence-electron chi connectivity index (χ3n) is 4.71. The van der Waals surface area contributed by atoms with E-state index in [4.69, 9.17) is 0 Å². The van der Waals surface area contributed by atoms with Crippen molar-refractivity contribution in [3.8, 4) is 0 Å². The van der Waals surface area contributed by atoms with E-state index in [0.29, 0.717) is 18.8 Å². The maximum atomic E-state index is 11.9. The normalized spacial score (nSPS) is 20.8. The lowest BCUT2D eigenvalue weighted by molar-refractivity contribution is -0.150. The van der Waals surface area contributed by atoms with Gasteiger partial charge in [0.15, 0.2) is 0 Å². The van der Waals surface area contributed by atoms with Crippen LogP contribution in [0.2, 0.25) is 0 Å². The summed E-state index contributed by atoms with van der Waals surface area (Å²) in [6.07, 6.45) is 5.26. The molecular weight excluding hydrogens is 256 g/mol. The molecule has 0 saturated heterocycles. The SMILES string of the molecule is CCC(C)C(C)NC(=O)NCC1(C(=O)O)CCCCC1. The smallest absolute Gasteiger partial charge is 0.315 e. The summed E-state index contributed by atoms with van der Waals surface area (Å²) in [5.41, 5.74) is -0.769. The number of carboxylic acids is 1. The summed E-state index contributed by atoms with van der Waals surface area (Å²) in [5, 5.41) is 15.1. The van der Waals surface area contributed by atoms with Crippen molar-refractivity contribution in [1.82, 2.24) is 10.6 Å². The van der Waals surface area contributed by atoms with Crippen LogP contribution in [0.15, 0.2) is 0 Å². The third kappa shape index (κ3) is 4.39. The number of hydrogen-bond acceptors (Lipinski definition) is 2. The molecule has 0 radical (unpaired) electrons. The summed E-state index contributed by atoms with van der Waals surface area (Å²) in [6.45, 7) is 6.37. The molecule has 1 aliphatic rings. The van der Waals surface area contributed by atoms with Gasteiger partial charge in [0.25, 0.3) is 0 Å². The Morgan fingerprint density at radius 2 is 1.80 bits per heavy atom. The number of hydrogen-bond donors (Lipinski definition) is 3. The lowest BCUT2D eigenvalue weighted by Gasteiger charge is -2.33. The fraction of sp³-hybridized carbons (Fsp3) is 0.867. The highest BCUT2D eigenvalue weighted by molar-refractivity contribution is 5.78. The first-order valence-electron chi connectivity index (χ1n) is 7.69. The Bertz CT molecular complexity index is 338. The van der Waals surface area contributed by atoms with E-state index in [1.165, 1.54) is 0 Å². The van der Waals surface area contributed by atoms with Crippen LogP contribution in [0.5, 0.6) is 0 Å². The average Bonchev–Trinajstić information content (AvgIpc) is 2.45. The van der Waals surface area contributed by atoms with E-state index >= 15 is 0 Å². The van der Waals surface area contributed by atoms with Crippen LogP contribution in [0, 0.1) is 11.3 Å². The van der Waals surface area contributed by atoms with Crippen molar-refractivity contribution in [3.05, 3.63) is 0 Å². The number of rotatable bonds is 6. The number of carbonyl (C=O) groups is 2. The van der Waals surface area contributed by atoms with Crippen LogP contribution in [-0.4, -0.2) is 29.7 Å². The predicted molar refractivity (Wildman–Crippen MR) is 78.6 cm³/mol. The molecule has 0 aromatic carbocycles. The van der Waals surface area contributed by atoms with Gasteiger partial charge in [-0.05, 0) is 25.7 Å². The van der Waals surface area contributed by atoms with Crippen LogP contribution < -0.4 is 10.6 Å². The standard InChI is InChI=1S/C15H28N2O3/c1-4-11(2)12(3)17-14(20)16-10-15(13(18)19)8-6-5-7-9-15/h11-12H,4-10H2,1-3H3,(H,18,19)(H2,16,17,20). The van der Waals surface area contributed by atoms with Crippen LogP contribution in [0.3, 0.4) is 0 Å². The van der Waals surface area contributed by atoms with Gasteiger partial charge < -0.3 is 15.7 Å². The molecule has 0 spiro atoms. The molecule has 20 heavy (non-hydrogen) atoms. The Morgan fingerprint density at radius 1 is 1.20 bits per heavy atom. The van der Waals surface area contributed by atoms with Crippen molar-refractivity contribution < 1.29 is 14.7 Å². The van der Waals surface area contributed by atoms with Crippen molar-refractivity contribution in [3.63, 3.8) is 0 Å². The van der Waals surface area contributed by atoms with Gasteiger partial charge in [-0.15, -0.1) is 0 Å². The molecule has 116 valence electrons. The molecule has 5 heteroatoms. The Labute approximate surface area is 121 Å². The zero-order valence-corrected chi connectivity index (χ0v) is 12.9. The minimum Gasteiger partial charge on any atom is -0.481 e. The Morgan fingerprint density at radius 3 is 2.30 bits per heavy atom. The van der Waals surface area contributed by atoms with Gasteiger partial charge in [0.1, 0.15) is 0 Å². The lowest BCUT2D eigenvalue weighted by Crippen LogP contribution is -2.49. The van der Waals surface area contributed by atoms with Gasteiger partial charge in [-0.1, -0.05) is 39.5 Å². The second-order valence-electron chi connectivity index (χ2n) is 6.15. The topological polar surface area (TPSA) is 78.4 Å². The molecule has 0 bridgehead atoms. The van der Waals surface area contributed by atoms with E-state index < -0.39 is 11.4 Å². The van der Waals surface area contributed by atoms with Gasteiger partial charge >= 0.3 is 12.0 Å². The first-order valence-corrected chi connectivity index (χ1v) is 7.69. The van der Waals surface area contributed by atoms with Gasteiger partial charge in [0.05, 0.1) is 5.41 Å². The predicted octanol–water partition coefficient (Wildman–Crippen LogP) is 2.76. The van der Waals surface area contributed by atoms with Crippen molar-refractivity contribution in [2.75, 3.05) is 6.54 Å². The van der Waals surface area contributed by atoms with E-state index in [9.17, 15) is 14.7 Å². The molecule has 1 fully saturated rings. The molecular formula is C15H28N2O3. The molecule has 2 atom stereocenters. The first-order chi connectivity index (χ1) is 9.41. The van der Waals surface area contributed by atoms with E-state index in [1.54, 1.807) is 0 Å². The molecule has 1 saturated carbocycles. The minimum absolute atomic E-state index is 0.0899. The Hall–Kier alpha value is -1.26. The van der Waals surface area contributed by atoms with Crippen molar-refractivity contribution in [2.45, 2.75) is 65.3 Å². The van der Waals surface area contributed by atoms with E-state index in [-0.39, 0.29) is 18.6 Å². The molecule has 3 N–H and O–H groups in total. The van der Waals surface area contributed by atoms with Crippen LogP contribution in [0.4, 0.5) is 4.79 Å². The molecule has 2 unspecified atom stereocenters. The second kappa shape index (κ2) is 7.50. The fourth-order valence-electron chi connectivity index (χ4n) is 2.70. The Kier molecular flexibility index (Phi) is 6.30. The van der Waals surface area contributed by atoms with Crippen LogP contribution in [-0.2, 0) is 4.79 Å². The monoisotopic (exact) mass is 284 g/mol. The largest absolute Gasteiger partial charge is 0.481 e. The highest BCUT2D eigenvalue weighted by atomic mass is 16.4. The number of urea groups is 1. The zero-order chi connectivity index (χ0) is 15.2. The number of carboxylic acid groups (broad SMARTS) is 1. The quantitative estimate of drug-likeness (QED) is 0.701. The van der Waals surface area contributed by atoms with Gasteiger partial charge in [-0.25, -0.2) is 4.79 Å². The van der Waals surface area contributed by atoms with E-state index in [2.05, 4.69) is 24.5 Å². The Balaban J connectivity index is 2.47. The lowest BCUT2D eigenvalue weighted by atomic mass is 9.74. The van der Waals surface area contributed by atoms with Gasteiger partial charge in [-0.2, -0.15) is 0 Å². The number of aliphatic carboxylic acids is 1. The highest BCUT2D eigenvalue weighted by Gasteiger charge is 2.39. The second-order valence-corrected chi connectivity index (χ2v) is 6.15. The molecule has 0 aromatic heterocycles. The molecule has 1 rings (SSSR count). The van der Waals surface area contributed by atoms with Crippen LogP contribution in [0.1, 0.15) is 59.3 Å². The summed E-state index contributed by atoms with van der Waals surface area (Å²) >= 11 is 0. The molecule has 1 aliphatic carbocycles. The average molecular weight is 284 g/mol. The van der Waals surface area contributed by atoms with Crippen molar-refractivity contribution in [2.24, 2.45) is 11.3 Å². The van der Waals surface area contributed by atoms with Crippen LogP contribution in [0.25, 0.3) is 0 Å². The summed E-state index contributed by atoms with van der Waals surface area (Å²) in [4.78, 5) is 23.4. The van der Waals surface area contributed by atoms with Gasteiger partial charge in [0, 0.05) is 12.6 Å². The molecule has 5 nitrogen and oxygen atoms in total. The number of carbonyl (C=O) groups excluding carboxylic acids is 1. The summed E-state index contributed by atoms with van der Waals surface area (Å²) in [6, 6.07) is -0.170. The third-order valence-corrected chi connectivity index (χ3v) is 4.71. The summed E-state index contributed by atoms with van der Waals surface area (Å²) < 4.78 is 0. The molecule has 0 aliphatic heterocycles. The molecule has 0 aromatic rings. The summed E-state index contributed by atoms with van der Waals surface area (Å²) in [5.74, 6) is -0.378. The maximum absolute atomic E-state index is 11.9. The molecule has 0 heterocycles. The molecule has 2 amide bonds. The summed E-state index contributed by atoms with van der Waals surface area (Å²) in [7, 11) is 0.